The van der Waals surface area contributed by atoms with Crippen LogP contribution < -0.4 is 5.32 Å². The lowest BCUT2D eigenvalue weighted by atomic mass is 9.81. The number of hydrogen-bond donors (Lipinski definition) is 1. The van der Waals surface area contributed by atoms with Gasteiger partial charge in [-0.2, -0.15) is 0 Å². The van der Waals surface area contributed by atoms with Crippen molar-refractivity contribution < 1.29 is 0 Å². The van der Waals surface area contributed by atoms with Crippen molar-refractivity contribution in [3.05, 3.63) is 30.6 Å². The summed E-state index contributed by atoms with van der Waals surface area (Å²) in [5.74, 6) is 1.70. The highest BCUT2D eigenvalue weighted by Gasteiger charge is 2.22. The van der Waals surface area contributed by atoms with E-state index in [1.165, 1.54) is 37.8 Å². The molecule has 0 radical (unpaired) electrons. The lowest BCUT2D eigenvalue weighted by Crippen LogP contribution is -2.27. The van der Waals surface area contributed by atoms with E-state index in [0.717, 1.165) is 22.9 Å². The van der Waals surface area contributed by atoms with Crippen LogP contribution in [0.5, 0.6) is 0 Å². The average Bonchev–Trinajstić information content (AvgIpc) is 2.47. The maximum Gasteiger partial charge on any atom is 0.0907 e. The fourth-order valence-electron chi connectivity index (χ4n) is 3.59. The molecule has 0 amide bonds. The molecule has 1 aromatic carbocycles. The molecule has 112 valence electrons. The molecule has 2 aromatic rings. The summed E-state index contributed by atoms with van der Waals surface area (Å²) in [6.45, 7) is 4.66. The van der Waals surface area contributed by atoms with Crippen molar-refractivity contribution in [2.45, 2.75) is 52.0 Å². The Labute approximate surface area is 127 Å². The van der Waals surface area contributed by atoms with Crippen LogP contribution in [0.3, 0.4) is 0 Å². The van der Waals surface area contributed by atoms with E-state index in [2.05, 4.69) is 47.3 Å². The minimum atomic E-state index is 0.608. The summed E-state index contributed by atoms with van der Waals surface area (Å²) in [6.07, 6.45) is 10.2. The third-order valence-electron chi connectivity index (χ3n) is 4.43. The number of aromatic nitrogens is 2. The molecule has 3 rings (SSSR count). The Morgan fingerprint density at radius 1 is 1.14 bits per heavy atom. The number of hydrogen-bond acceptors (Lipinski definition) is 3. The molecule has 1 aliphatic rings. The van der Waals surface area contributed by atoms with Crippen molar-refractivity contribution >= 4 is 16.7 Å². The van der Waals surface area contributed by atoms with E-state index in [0.29, 0.717) is 6.04 Å². The first kappa shape index (κ1) is 14.3. The monoisotopic (exact) mass is 283 g/mol. The standard InChI is InChI=1S/C18H25N3/c1-13(2)10-14-4-3-5-15(11-14)21-16-6-7-17-18(12-16)20-9-8-19-17/h6-9,12-15,21H,3-5,10-11H2,1-2H3. The van der Waals surface area contributed by atoms with Crippen molar-refractivity contribution in [2.75, 3.05) is 5.32 Å². The van der Waals surface area contributed by atoms with E-state index >= 15 is 0 Å². The van der Waals surface area contributed by atoms with E-state index in [9.17, 15) is 0 Å². The first-order valence-corrected chi connectivity index (χ1v) is 8.18. The van der Waals surface area contributed by atoms with Gasteiger partial charge in [-0.25, -0.2) is 0 Å². The molecule has 21 heavy (non-hydrogen) atoms. The van der Waals surface area contributed by atoms with Gasteiger partial charge in [0, 0.05) is 24.1 Å². The molecule has 1 aromatic heterocycles. The van der Waals surface area contributed by atoms with Gasteiger partial charge < -0.3 is 5.32 Å². The number of fused-ring (bicyclic) bond motifs is 1. The number of rotatable bonds is 4. The van der Waals surface area contributed by atoms with Crippen molar-refractivity contribution in [1.82, 2.24) is 9.97 Å². The highest BCUT2D eigenvalue weighted by molar-refractivity contribution is 5.78. The Hall–Kier alpha value is -1.64. The fourth-order valence-corrected chi connectivity index (χ4v) is 3.59. The smallest absolute Gasteiger partial charge is 0.0907 e. The summed E-state index contributed by atoms with van der Waals surface area (Å²) >= 11 is 0. The highest BCUT2D eigenvalue weighted by atomic mass is 14.9. The minimum absolute atomic E-state index is 0.608. The quantitative estimate of drug-likeness (QED) is 0.887. The second-order valence-electron chi connectivity index (χ2n) is 6.76. The maximum absolute atomic E-state index is 4.39. The molecule has 1 heterocycles. The summed E-state index contributed by atoms with van der Waals surface area (Å²) < 4.78 is 0. The zero-order valence-corrected chi connectivity index (χ0v) is 13.0. The predicted octanol–water partition coefficient (Wildman–Crippen LogP) is 4.65. The molecule has 0 aliphatic heterocycles. The summed E-state index contributed by atoms with van der Waals surface area (Å²) in [5, 5.41) is 3.71. The molecular formula is C18H25N3. The van der Waals surface area contributed by atoms with E-state index < -0.39 is 0 Å². The molecule has 1 aliphatic carbocycles. The lowest BCUT2D eigenvalue weighted by molar-refractivity contribution is 0.289. The Balaban J connectivity index is 1.66. The molecule has 0 saturated heterocycles. The Kier molecular flexibility index (Phi) is 4.37. The molecule has 0 spiro atoms. The number of nitrogens with one attached hydrogen (secondary N) is 1. The molecule has 3 nitrogen and oxygen atoms in total. The van der Waals surface area contributed by atoms with Gasteiger partial charge in [0.2, 0.25) is 0 Å². The van der Waals surface area contributed by atoms with Crippen LogP contribution in [0, 0.1) is 11.8 Å². The molecule has 0 bridgehead atoms. The summed E-state index contributed by atoms with van der Waals surface area (Å²) in [4.78, 5) is 8.71. The summed E-state index contributed by atoms with van der Waals surface area (Å²) in [7, 11) is 0. The van der Waals surface area contributed by atoms with Gasteiger partial charge in [0.05, 0.1) is 11.0 Å². The van der Waals surface area contributed by atoms with Crippen LogP contribution in [0.25, 0.3) is 11.0 Å². The first-order chi connectivity index (χ1) is 10.2. The van der Waals surface area contributed by atoms with Gasteiger partial charge in [0.25, 0.3) is 0 Å². The Bertz CT molecular complexity index is 594. The van der Waals surface area contributed by atoms with Crippen molar-refractivity contribution in [2.24, 2.45) is 11.8 Å². The maximum atomic E-state index is 4.39. The van der Waals surface area contributed by atoms with Crippen LogP contribution >= 0.6 is 0 Å². The van der Waals surface area contributed by atoms with Crippen LogP contribution in [-0.4, -0.2) is 16.0 Å². The van der Waals surface area contributed by atoms with Gasteiger partial charge in [-0.1, -0.05) is 26.7 Å². The van der Waals surface area contributed by atoms with Gasteiger partial charge >= 0.3 is 0 Å². The molecule has 1 N–H and O–H groups in total. The number of anilines is 1. The Morgan fingerprint density at radius 2 is 1.95 bits per heavy atom. The van der Waals surface area contributed by atoms with Gasteiger partial charge in [-0.05, 0) is 49.3 Å². The summed E-state index contributed by atoms with van der Waals surface area (Å²) in [6, 6.07) is 6.91. The average molecular weight is 283 g/mol. The molecule has 1 saturated carbocycles. The zero-order valence-electron chi connectivity index (χ0n) is 13.0. The fraction of sp³-hybridized carbons (Fsp3) is 0.556. The van der Waals surface area contributed by atoms with Gasteiger partial charge in [-0.15, -0.1) is 0 Å². The minimum Gasteiger partial charge on any atom is -0.382 e. The molecule has 1 fully saturated rings. The number of nitrogens with zero attached hydrogens (tertiary/aromatic N) is 2. The van der Waals surface area contributed by atoms with Crippen LogP contribution in [0.2, 0.25) is 0 Å². The Morgan fingerprint density at radius 3 is 2.76 bits per heavy atom. The molecule has 3 heteroatoms. The highest BCUT2D eigenvalue weighted by Crippen LogP contribution is 2.31. The van der Waals surface area contributed by atoms with Crippen LogP contribution in [-0.2, 0) is 0 Å². The number of benzene rings is 1. The third-order valence-corrected chi connectivity index (χ3v) is 4.43. The lowest BCUT2D eigenvalue weighted by Gasteiger charge is -2.31. The van der Waals surface area contributed by atoms with Gasteiger partial charge in [0.1, 0.15) is 0 Å². The SMILES string of the molecule is CC(C)CC1CCCC(Nc2ccc3nccnc3c2)C1. The third kappa shape index (κ3) is 3.72. The van der Waals surface area contributed by atoms with Gasteiger partial charge in [0.15, 0.2) is 0 Å². The molecule has 2 atom stereocenters. The normalized spacial score (nSPS) is 22.6. The largest absolute Gasteiger partial charge is 0.382 e. The summed E-state index contributed by atoms with van der Waals surface area (Å²) in [5.41, 5.74) is 3.11. The van der Waals surface area contributed by atoms with E-state index in [4.69, 9.17) is 0 Å². The van der Waals surface area contributed by atoms with Crippen LogP contribution in [0.4, 0.5) is 5.69 Å². The van der Waals surface area contributed by atoms with E-state index in [1.807, 2.05) is 0 Å². The van der Waals surface area contributed by atoms with E-state index in [-0.39, 0.29) is 0 Å². The molecular weight excluding hydrogens is 258 g/mol. The van der Waals surface area contributed by atoms with Crippen LogP contribution in [0.15, 0.2) is 30.6 Å². The van der Waals surface area contributed by atoms with Crippen molar-refractivity contribution in [3.63, 3.8) is 0 Å². The van der Waals surface area contributed by atoms with Crippen LogP contribution in [0.1, 0.15) is 46.0 Å². The first-order valence-electron chi connectivity index (χ1n) is 8.18. The predicted molar refractivity (Wildman–Crippen MR) is 88.4 cm³/mol. The second kappa shape index (κ2) is 6.42. The van der Waals surface area contributed by atoms with Crippen molar-refractivity contribution in [3.8, 4) is 0 Å². The molecule has 2 unspecified atom stereocenters. The van der Waals surface area contributed by atoms with Crippen molar-refractivity contribution in [1.29, 1.82) is 0 Å². The topological polar surface area (TPSA) is 37.8 Å². The van der Waals surface area contributed by atoms with E-state index in [1.54, 1.807) is 12.4 Å². The van der Waals surface area contributed by atoms with Gasteiger partial charge in [-0.3, -0.25) is 9.97 Å². The zero-order chi connectivity index (χ0) is 14.7. The second-order valence-corrected chi connectivity index (χ2v) is 6.76.